The first-order chi connectivity index (χ1) is 8.63. The lowest BCUT2D eigenvalue weighted by atomic mass is 10.1. The molecule has 0 atom stereocenters. The van der Waals surface area contributed by atoms with Crippen LogP contribution in [0.1, 0.15) is 56.9 Å². The molecule has 0 aromatic carbocycles. The van der Waals surface area contributed by atoms with Gasteiger partial charge in [-0.15, -0.1) is 10.2 Å². The maximum Gasteiger partial charge on any atom is 0.226 e. The van der Waals surface area contributed by atoms with Gasteiger partial charge < -0.3 is 11.1 Å². The van der Waals surface area contributed by atoms with Gasteiger partial charge in [-0.3, -0.25) is 4.79 Å². The number of nitrogens with two attached hydrogens (primary N) is 1. The molecule has 1 aromatic heterocycles. The summed E-state index contributed by atoms with van der Waals surface area (Å²) in [5, 5.41) is 12.3. The lowest BCUT2D eigenvalue weighted by Gasteiger charge is -2.01. The second-order valence-electron chi connectivity index (χ2n) is 4.60. The molecule has 0 spiro atoms. The summed E-state index contributed by atoms with van der Waals surface area (Å²) in [5.74, 6) is 0.374. The number of nitrogens with zero attached hydrogens (tertiary/aromatic N) is 2. The lowest BCUT2D eigenvalue weighted by molar-refractivity contribution is -0.116. The first-order valence-electron chi connectivity index (χ1n) is 6.46. The molecule has 0 aliphatic heterocycles. The van der Waals surface area contributed by atoms with Gasteiger partial charge in [0.15, 0.2) is 0 Å². The first kappa shape index (κ1) is 15.0. The highest BCUT2D eigenvalue weighted by Gasteiger charge is 2.09. The Hall–Kier alpha value is -1.01. The number of carbonyl (C=O) groups is 1. The molecule has 0 aliphatic rings. The van der Waals surface area contributed by atoms with Crippen LogP contribution in [0.4, 0.5) is 5.13 Å². The Morgan fingerprint density at radius 3 is 2.61 bits per heavy atom. The number of anilines is 1. The van der Waals surface area contributed by atoms with E-state index in [1.165, 1.54) is 11.3 Å². The maximum absolute atomic E-state index is 11.6. The van der Waals surface area contributed by atoms with Crippen LogP contribution in [0.5, 0.6) is 0 Å². The first-order valence-corrected chi connectivity index (χ1v) is 7.28. The number of rotatable bonds is 8. The topological polar surface area (TPSA) is 80.9 Å². The van der Waals surface area contributed by atoms with E-state index in [4.69, 9.17) is 5.73 Å². The van der Waals surface area contributed by atoms with Gasteiger partial charge in [-0.25, -0.2) is 0 Å². The van der Waals surface area contributed by atoms with Gasteiger partial charge in [0.25, 0.3) is 0 Å². The molecule has 1 rings (SSSR count). The number of hydrogen-bond acceptors (Lipinski definition) is 5. The molecule has 0 radical (unpaired) electrons. The molecule has 0 unspecified atom stereocenters. The molecule has 6 heteroatoms. The Labute approximate surface area is 112 Å². The second-order valence-corrected chi connectivity index (χ2v) is 5.61. The van der Waals surface area contributed by atoms with Crippen LogP contribution < -0.4 is 11.1 Å². The van der Waals surface area contributed by atoms with Gasteiger partial charge in [-0.2, -0.15) is 0 Å². The van der Waals surface area contributed by atoms with Gasteiger partial charge in [-0.1, -0.05) is 38.0 Å². The van der Waals surface area contributed by atoms with Crippen LogP contribution in [0.2, 0.25) is 0 Å². The minimum atomic E-state index is 0.0224. The monoisotopic (exact) mass is 270 g/mol. The molecular weight excluding hydrogens is 248 g/mol. The number of nitrogens with one attached hydrogen (secondary N) is 1. The van der Waals surface area contributed by atoms with E-state index in [0.717, 1.165) is 37.2 Å². The van der Waals surface area contributed by atoms with Gasteiger partial charge in [0.05, 0.1) is 0 Å². The van der Waals surface area contributed by atoms with E-state index in [-0.39, 0.29) is 5.91 Å². The summed E-state index contributed by atoms with van der Waals surface area (Å²) in [7, 11) is 0. The molecule has 18 heavy (non-hydrogen) atoms. The highest BCUT2D eigenvalue weighted by atomic mass is 32.1. The smallest absolute Gasteiger partial charge is 0.226 e. The average molecular weight is 270 g/mol. The Bertz CT molecular complexity index is 365. The van der Waals surface area contributed by atoms with E-state index >= 15 is 0 Å². The minimum absolute atomic E-state index is 0.0224. The molecule has 0 saturated carbocycles. The molecule has 0 fully saturated rings. The Morgan fingerprint density at radius 1 is 1.28 bits per heavy atom. The van der Waals surface area contributed by atoms with Crippen LogP contribution in [-0.2, 0) is 4.79 Å². The van der Waals surface area contributed by atoms with E-state index in [9.17, 15) is 4.79 Å². The zero-order valence-corrected chi connectivity index (χ0v) is 11.9. The van der Waals surface area contributed by atoms with Gasteiger partial charge in [0, 0.05) is 12.3 Å². The van der Waals surface area contributed by atoms with Crippen molar-refractivity contribution in [1.29, 1.82) is 0 Å². The van der Waals surface area contributed by atoms with Gasteiger partial charge in [0.2, 0.25) is 11.0 Å². The molecule has 0 saturated heterocycles. The number of aromatic nitrogens is 2. The van der Waals surface area contributed by atoms with E-state index < -0.39 is 0 Å². The Kier molecular flexibility index (Phi) is 6.82. The van der Waals surface area contributed by atoms with Gasteiger partial charge in [0.1, 0.15) is 5.01 Å². The Balaban J connectivity index is 2.22. The highest BCUT2D eigenvalue weighted by molar-refractivity contribution is 7.15. The largest absolute Gasteiger partial charge is 0.330 e. The molecule has 1 aromatic rings. The van der Waals surface area contributed by atoms with Crippen LogP contribution >= 0.6 is 11.3 Å². The predicted molar refractivity (Wildman–Crippen MR) is 74.8 cm³/mol. The van der Waals surface area contributed by atoms with Crippen molar-refractivity contribution in [2.45, 2.75) is 51.9 Å². The van der Waals surface area contributed by atoms with E-state index in [0.29, 0.717) is 17.5 Å². The molecule has 0 bridgehead atoms. The van der Waals surface area contributed by atoms with Crippen molar-refractivity contribution in [3.63, 3.8) is 0 Å². The zero-order chi connectivity index (χ0) is 13.4. The van der Waals surface area contributed by atoms with E-state index in [2.05, 4.69) is 29.4 Å². The fourth-order valence-corrected chi connectivity index (χ4v) is 2.25. The summed E-state index contributed by atoms with van der Waals surface area (Å²) in [5.41, 5.74) is 5.41. The molecule has 3 N–H and O–H groups in total. The summed E-state index contributed by atoms with van der Waals surface area (Å²) < 4.78 is 0. The summed E-state index contributed by atoms with van der Waals surface area (Å²) in [6, 6.07) is 0. The van der Waals surface area contributed by atoms with Crippen LogP contribution in [0.15, 0.2) is 0 Å². The molecule has 5 nitrogen and oxygen atoms in total. The third kappa shape index (κ3) is 5.55. The standard InChI is InChI=1S/C12H22N4OS/c1-9(2)11-15-16-12(18-11)14-10(17)7-5-3-4-6-8-13/h9H,3-8,13H2,1-2H3,(H,14,16,17). The van der Waals surface area contributed by atoms with E-state index in [1.807, 2.05) is 0 Å². The fourth-order valence-electron chi connectivity index (χ4n) is 1.48. The SMILES string of the molecule is CC(C)c1nnc(NC(=O)CCCCCCN)s1. The van der Waals surface area contributed by atoms with Crippen LogP contribution in [0.25, 0.3) is 0 Å². The van der Waals surface area contributed by atoms with Crippen LogP contribution in [0.3, 0.4) is 0 Å². The van der Waals surface area contributed by atoms with Gasteiger partial charge >= 0.3 is 0 Å². The number of hydrogen-bond donors (Lipinski definition) is 2. The van der Waals surface area contributed by atoms with Crippen molar-refractivity contribution in [3.8, 4) is 0 Å². The number of carbonyl (C=O) groups excluding carboxylic acids is 1. The molecular formula is C12H22N4OS. The fraction of sp³-hybridized carbons (Fsp3) is 0.750. The molecule has 102 valence electrons. The summed E-state index contributed by atoms with van der Waals surface area (Å²) in [4.78, 5) is 11.6. The quantitative estimate of drug-likeness (QED) is 0.711. The Morgan fingerprint density at radius 2 is 2.00 bits per heavy atom. The van der Waals surface area contributed by atoms with Crippen LogP contribution in [-0.4, -0.2) is 22.6 Å². The third-order valence-electron chi connectivity index (χ3n) is 2.54. The summed E-state index contributed by atoms with van der Waals surface area (Å²) >= 11 is 1.45. The normalized spacial score (nSPS) is 10.9. The number of unbranched alkanes of at least 4 members (excludes halogenated alkanes) is 3. The summed E-state index contributed by atoms with van der Waals surface area (Å²) in [6.07, 6.45) is 4.64. The number of amides is 1. The van der Waals surface area contributed by atoms with Crippen molar-refractivity contribution < 1.29 is 4.79 Å². The van der Waals surface area contributed by atoms with Crippen molar-refractivity contribution in [2.24, 2.45) is 5.73 Å². The van der Waals surface area contributed by atoms with Crippen LogP contribution in [0, 0.1) is 0 Å². The zero-order valence-electron chi connectivity index (χ0n) is 11.1. The maximum atomic E-state index is 11.6. The molecule has 1 amide bonds. The second kappa shape index (κ2) is 8.16. The molecule has 0 aliphatic carbocycles. The van der Waals surface area contributed by atoms with Crippen molar-refractivity contribution in [2.75, 3.05) is 11.9 Å². The lowest BCUT2D eigenvalue weighted by Crippen LogP contribution is -2.10. The highest BCUT2D eigenvalue weighted by Crippen LogP contribution is 2.22. The average Bonchev–Trinajstić information content (AvgIpc) is 2.77. The van der Waals surface area contributed by atoms with Crippen molar-refractivity contribution in [3.05, 3.63) is 5.01 Å². The van der Waals surface area contributed by atoms with Crippen molar-refractivity contribution >= 4 is 22.4 Å². The van der Waals surface area contributed by atoms with Crippen molar-refractivity contribution in [1.82, 2.24) is 10.2 Å². The van der Waals surface area contributed by atoms with Gasteiger partial charge in [-0.05, 0) is 19.4 Å². The summed E-state index contributed by atoms with van der Waals surface area (Å²) in [6.45, 7) is 4.85. The molecule has 1 heterocycles. The third-order valence-corrected chi connectivity index (χ3v) is 3.68. The predicted octanol–water partition coefficient (Wildman–Crippen LogP) is 2.51. The van der Waals surface area contributed by atoms with E-state index in [1.54, 1.807) is 0 Å². The minimum Gasteiger partial charge on any atom is -0.330 e.